The van der Waals surface area contributed by atoms with Crippen LogP contribution in [0.4, 0.5) is 0 Å². The van der Waals surface area contributed by atoms with Crippen molar-refractivity contribution >= 4 is 33.4 Å². The number of hydrogen-bond acceptors (Lipinski definition) is 5. The molecule has 0 saturated carbocycles. The highest BCUT2D eigenvalue weighted by molar-refractivity contribution is 7.16. The van der Waals surface area contributed by atoms with Gasteiger partial charge in [0.15, 0.2) is 4.80 Å². The fourth-order valence-corrected chi connectivity index (χ4v) is 2.98. The summed E-state index contributed by atoms with van der Waals surface area (Å²) in [4.78, 5) is 27.2. The highest BCUT2D eigenvalue weighted by Crippen LogP contribution is 2.23. The number of fused-ring (bicyclic) bond motifs is 1. The van der Waals surface area contributed by atoms with Gasteiger partial charge in [0.25, 0.3) is 0 Å². The molecule has 1 aromatic carbocycles. The summed E-state index contributed by atoms with van der Waals surface area (Å²) in [5, 5.41) is 0. The van der Waals surface area contributed by atoms with E-state index in [1.807, 2.05) is 25.1 Å². The van der Waals surface area contributed by atoms with E-state index >= 15 is 0 Å². The molecule has 0 spiro atoms. The van der Waals surface area contributed by atoms with Gasteiger partial charge in [-0.1, -0.05) is 11.3 Å². The lowest BCUT2D eigenvalue weighted by molar-refractivity contribution is -0.141. The van der Waals surface area contributed by atoms with Crippen LogP contribution >= 0.6 is 11.3 Å². The average molecular weight is 308 g/mol. The molecule has 0 unspecified atom stereocenters. The number of thiazole rings is 1. The quantitative estimate of drug-likeness (QED) is 0.806. The number of ether oxygens (including phenoxy) is 2. The predicted octanol–water partition coefficient (Wildman–Crippen LogP) is 1.72. The molecule has 112 valence electrons. The van der Waals surface area contributed by atoms with Crippen LogP contribution in [-0.4, -0.2) is 30.2 Å². The molecule has 21 heavy (non-hydrogen) atoms. The van der Waals surface area contributed by atoms with E-state index in [0.29, 0.717) is 11.4 Å². The van der Waals surface area contributed by atoms with Crippen LogP contribution in [0, 0.1) is 0 Å². The number of hydrogen-bond donors (Lipinski definition) is 0. The van der Waals surface area contributed by atoms with Gasteiger partial charge in [-0.25, -0.2) is 0 Å². The Morgan fingerprint density at radius 2 is 2.14 bits per heavy atom. The van der Waals surface area contributed by atoms with Crippen molar-refractivity contribution in [1.82, 2.24) is 4.57 Å². The summed E-state index contributed by atoms with van der Waals surface area (Å²) in [6.07, 6.45) is 0. The molecule has 0 saturated heterocycles. The maximum absolute atomic E-state index is 11.5. The molecule has 0 aliphatic carbocycles. The molecular weight excluding hydrogens is 292 g/mol. The predicted molar refractivity (Wildman–Crippen MR) is 79.2 cm³/mol. The number of methoxy groups -OCH3 is 1. The lowest BCUT2D eigenvalue weighted by Gasteiger charge is -2.05. The monoisotopic (exact) mass is 308 g/mol. The number of rotatable bonds is 4. The molecule has 1 aromatic heterocycles. The zero-order chi connectivity index (χ0) is 15.4. The molecule has 0 atom stereocenters. The van der Waals surface area contributed by atoms with Crippen LogP contribution in [0.5, 0.6) is 5.75 Å². The minimum Gasteiger partial charge on any atom is -0.494 e. The van der Waals surface area contributed by atoms with E-state index in [1.165, 1.54) is 25.4 Å². The van der Waals surface area contributed by atoms with E-state index in [0.717, 1.165) is 16.0 Å². The molecule has 0 bridgehead atoms. The number of carbonyl (C=O) groups excluding carboxylic acids is 2. The Morgan fingerprint density at radius 1 is 1.38 bits per heavy atom. The molecule has 1 heterocycles. The number of carbonyl (C=O) groups is 2. The van der Waals surface area contributed by atoms with E-state index in [1.54, 1.807) is 4.57 Å². The van der Waals surface area contributed by atoms with Gasteiger partial charge in [0.1, 0.15) is 12.3 Å². The number of esters is 1. The van der Waals surface area contributed by atoms with E-state index in [-0.39, 0.29) is 12.5 Å². The van der Waals surface area contributed by atoms with Gasteiger partial charge in [-0.15, -0.1) is 0 Å². The van der Waals surface area contributed by atoms with Crippen LogP contribution in [0.1, 0.15) is 13.8 Å². The van der Waals surface area contributed by atoms with E-state index in [4.69, 9.17) is 4.74 Å². The summed E-state index contributed by atoms with van der Waals surface area (Å²) >= 11 is 1.33. The highest BCUT2D eigenvalue weighted by atomic mass is 32.1. The zero-order valence-corrected chi connectivity index (χ0v) is 12.9. The second-order valence-corrected chi connectivity index (χ2v) is 5.25. The van der Waals surface area contributed by atoms with E-state index < -0.39 is 5.97 Å². The first-order valence-corrected chi connectivity index (χ1v) is 7.25. The lowest BCUT2D eigenvalue weighted by Crippen LogP contribution is -2.22. The summed E-state index contributed by atoms with van der Waals surface area (Å²) in [5.74, 6) is 0.0321. The molecule has 0 aliphatic heterocycles. The SMILES string of the molecule is CCOc1ccc2c(c1)sc(=NC(C)=O)n2CC(=O)OC. The Bertz CT molecular complexity index is 745. The smallest absolute Gasteiger partial charge is 0.325 e. The van der Waals surface area contributed by atoms with Crippen molar-refractivity contribution in [2.24, 2.45) is 4.99 Å². The molecule has 7 heteroatoms. The second kappa shape index (κ2) is 6.53. The maximum Gasteiger partial charge on any atom is 0.325 e. The molecule has 0 N–H and O–H groups in total. The van der Waals surface area contributed by atoms with Gasteiger partial charge in [-0.3, -0.25) is 9.59 Å². The normalized spacial score (nSPS) is 11.7. The second-order valence-electron chi connectivity index (χ2n) is 4.24. The Balaban J connectivity index is 2.61. The summed E-state index contributed by atoms with van der Waals surface area (Å²) in [6, 6.07) is 5.54. The third kappa shape index (κ3) is 3.49. The molecule has 2 rings (SSSR count). The number of nitrogens with zero attached hydrogens (tertiary/aromatic N) is 2. The Morgan fingerprint density at radius 3 is 2.76 bits per heavy atom. The molecule has 1 amide bonds. The standard InChI is InChI=1S/C14H16N2O4S/c1-4-20-10-5-6-11-12(7-10)21-14(15-9(2)17)16(11)8-13(18)19-3/h5-7H,4,8H2,1-3H3. The van der Waals surface area contributed by atoms with Crippen molar-refractivity contribution in [1.29, 1.82) is 0 Å². The summed E-state index contributed by atoms with van der Waals surface area (Å²) in [5.41, 5.74) is 0.814. The topological polar surface area (TPSA) is 69.9 Å². The first-order valence-electron chi connectivity index (χ1n) is 6.43. The average Bonchev–Trinajstić information content (AvgIpc) is 2.75. The minimum atomic E-state index is -0.395. The van der Waals surface area contributed by atoms with Crippen molar-refractivity contribution < 1.29 is 19.1 Å². The van der Waals surface area contributed by atoms with Gasteiger partial charge in [-0.05, 0) is 25.1 Å². The van der Waals surface area contributed by atoms with Crippen molar-refractivity contribution in [3.05, 3.63) is 23.0 Å². The van der Waals surface area contributed by atoms with Crippen LogP contribution in [0.2, 0.25) is 0 Å². The van der Waals surface area contributed by atoms with Crippen LogP contribution in [0.25, 0.3) is 10.2 Å². The van der Waals surface area contributed by atoms with E-state index in [9.17, 15) is 9.59 Å². The molecule has 0 aliphatic rings. The van der Waals surface area contributed by atoms with Gasteiger partial charge in [-0.2, -0.15) is 4.99 Å². The van der Waals surface area contributed by atoms with Crippen LogP contribution in [0.15, 0.2) is 23.2 Å². The Labute approximate surface area is 125 Å². The maximum atomic E-state index is 11.5. The van der Waals surface area contributed by atoms with E-state index in [2.05, 4.69) is 9.73 Å². The summed E-state index contributed by atoms with van der Waals surface area (Å²) < 4.78 is 12.7. The summed E-state index contributed by atoms with van der Waals surface area (Å²) in [6.45, 7) is 3.87. The number of benzene rings is 1. The molecule has 0 fully saturated rings. The Kier molecular flexibility index (Phi) is 4.74. The van der Waals surface area contributed by atoms with Gasteiger partial charge >= 0.3 is 5.97 Å². The molecule has 6 nitrogen and oxygen atoms in total. The summed E-state index contributed by atoms with van der Waals surface area (Å²) in [7, 11) is 1.33. The van der Waals surface area contributed by atoms with Crippen molar-refractivity contribution in [3.63, 3.8) is 0 Å². The number of aromatic nitrogens is 1. The van der Waals surface area contributed by atoms with Gasteiger partial charge < -0.3 is 14.0 Å². The van der Waals surface area contributed by atoms with Crippen LogP contribution in [-0.2, 0) is 20.9 Å². The fourth-order valence-electron chi connectivity index (χ4n) is 1.88. The Hall–Kier alpha value is -2.15. The van der Waals surface area contributed by atoms with Gasteiger partial charge in [0.05, 0.1) is 23.9 Å². The molecule has 0 radical (unpaired) electrons. The fraction of sp³-hybridized carbons (Fsp3) is 0.357. The lowest BCUT2D eigenvalue weighted by atomic mass is 10.3. The third-order valence-corrected chi connectivity index (χ3v) is 3.77. The number of amides is 1. The highest BCUT2D eigenvalue weighted by Gasteiger charge is 2.11. The third-order valence-electron chi connectivity index (χ3n) is 2.73. The van der Waals surface area contributed by atoms with Crippen molar-refractivity contribution in [2.45, 2.75) is 20.4 Å². The largest absolute Gasteiger partial charge is 0.494 e. The van der Waals surface area contributed by atoms with Crippen molar-refractivity contribution in [2.75, 3.05) is 13.7 Å². The minimum absolute atomic E-state index is 0.0105. The molecular formula is C14H16N2O4S. The zero-order valence-electron chi connectivity index (χ0n) is 12.1. The van der Waals surface area contributed by atoms with Gasteiger partial charge in [0.2, 0.25) is 5.91 Å². The van der Waals surface area contributed by atoms with Crippen molar-refractivity contribution in [3.8, 4) is 5.75 Å². The van der Waals surface area contributed by atoms with Gasteiger partial charge in [0, 0.05) is 6.92 Å². The van der Waals surface area contributed by atoms with Crippen LogP contribution in [0.3, 0.4) is 0 Å². The first kappa shape index (κ1) is 15.2. The van der Waals surface area contributed by atoms with Crippen LogP contribution < -0.4 is 9.54 Å². The molecule has 2 aromatic rings. The first-order chi connectivity index (χ1) is 10.0.